The monoisotopic (exact) mass is 417 g/mol. The molecule has 2 aromatic carbocycles. The van der Waals surface area contributed by atoms with Gasteiger partial charge in [0.2, 0.25) is 5.91 Å². The Morgan fingerprint density at radius 3 is 2.45 bits per heavy atom. The molecule has 1 heterocycles. The highest BCUT2D eigenvalue weighted by Gasteiger charge is 2.24. The minimum atomic E-state index is -3.22. The Balaban J connectivity index is 1.59. The van der Waals surface area contributed by atoms with Crippen molar-refractivity contribution in [3.8, 4) is 16.9 Å². The molecular formula is C21H23NO6S. The van der Waals surface area contributed by atoms with Crippen molar-refractivity contribution >= 4 is 21.7 Å². The summed E-state index contributed by atoms with van der Waals surface area (Å²) in [4.78, 5) is 23.2. The van der Waals surface area contributed by atoms with Gasteiger partial charge in [0.25, 0.3) is 0 Å². The molecule has 1 aliphatic rings. The van der Waals surface area contributed by atoms with Gasteiger partial charge in [-0.15, -0.1) is 0 Å². The van der Waals surface area contributed by atoms with Crippen LogP contribution < -0.4 is 10.1 Å². The number of fused-ring (bicyclic) bond motifs is 1. The topological polar surface area (TPSA) is 98.8 Å². The minimum Gasteiger partial charge on any atom is -0.488 e. The third kappa shape index (κ3) is 5.35. The molecule has 1 aliphatic heterocycles. The van der Waals surface area contributed by atoms with E-state index in [1.807, 2.05) is 18.2 Å². The Hall–Kier alpha value is -2.87. The van der Waals surface area contributed by atoms with Crippen molar-refractivity contribution in [2.75, 3.05) is 19.9 Å². The van der Waals surface area contributed by atoms with E-state index in [1.54, 1.807) is 24.3 Å². The predicted octanol–water partition coefficient (Wildman–Crippen LogP) is 2.13. The molecule has 29 heavy (non-hydrogen) atoms. The maximum Gasteiger partial charge on any atom is 0.306 e. The number of hydrogen-bond acceptors (Lipinski definition) is 6. The highest BCUT2D eigenvalue weighted by molar-refractivity contribution is 7.90. The smallest absolute Gasteiger partial charge is 0.306 e. The summed E-state index contributed by atoms with van der Waals surface area (Å²) in [6, 6.07) is 12.6. The van der Waals surface area contributed by atoms with E-state index in [1.165, 1.54) is 13.4 Å². The Kier molecular flexibility index (Phi) is 6.22. The number of methoxy groups -OCH3 is 1. The first-order valence-corrected chi connectivity index (χ1v) is 11.1. The summed E-state index contributed by atoms with van der Waals surface area (Å²) < 4.78 is 33.6. The van der Waals surface area contributed by atoms with Crippen molar-refractivity contribution in [2.24, 2.45) is 0 Å². The van der Waals surface area contributed by atoms with E-state index in [4.69, 9.17) is 4.74 Å². The number of benzene rings is 2. The molecule has 0 radical (unpaired) electrons. The van der Waals surface area contributed by atoms with Crippen LogP contribution in [0, 0.1) is 0 Å². The fourth-order valence-electron chi connectivity index (χ4n) is 3.14. The van der Waals surface area contributed by atoms with Crippen molar-refractivity contribution in [1.82, 2.24) is 5.32 Å². The number of nitrogens with one attached hydrogen (secondary N) is 1. The van der Waals surface area contributed by atoms with E-state index in [2.05, 4.69) is 10.1 Å². The van der Waals surface area contributed by atoms with Crippen LogP contribution >= 0.6 is 0 Å². The summed E-state index contributed by atoms with van der Waals surface area (Å²) >= 11 is 0. The minimum absolute atomic E-state index is 0.0512. The summed E-state index contributed by atoms with van der Waals surface area (Å²) in [7, 11) is -1.93. The van der Waals surface area contributed by atoms with Gasteiger partial charge in [-0.2, -0.15) is 0 Å². The summed E-state index contributed by atoms with van der Waals surface area (Å²) in [5.74, 6) is 0.138. The van der Waals surface area contributed by atoms with E-state index in [-0.39, 0.29) is 29.7 Å². The molecule has 1 N–H and O–H groups in total. The van der Waals surface area contributed by atoms with Crippen LogP contribution in [0.4, 0.5) is 0 Å². The van der Waals surface area contributed by atoms with Crippen LogP contribution in [0.15, 0.2) is 47.4 Å². The number of carbonyl (C=O) groups excluding carboxylic acids is 2. The number of hydrogen-bond donors (Lipinski definition) is 1. The van der Waals surface area contributed by atoms with Gasteiger partial charge in [0.15, 0.2) is 9.84 Å². The molecule has 0 aromatic heterocycles. The first kappa shape index (κ1) is 20.9. The van der Waals surface area contributed by atoms with Gasteiger partial charge in [-0.1, -0.05) is 18.2 Å². The predicted molar refractivity (Wildman–Crippen MR) is 107 cm³/mol. The summed E-state index contributed by atoms with van der Waals surface area (Å²) in [6.07, 6.45) is 1.80. The Morgan fingerprint density at radius 2 is 1.79 bits per heavy atom. The van der Waals surface area contributed by atoms with Crippen molar-refractivity contribution in [3.63, 3.8) is 0 Å². The largest absolute Gasteiger partial charge is 0.488 e. The molecule has 8 heteroatoms. The van der Waals surface area contributed by atoms with E-state index in [0.29, 0.717) is 13.0 Å². The Labute approximate surface area is 169 Å². The van der Waals surface area contributed by atoms with Gasteiger partial charge in [0.1, 0.15) is 11.9 Å². The zero-order chi connectivity index (χ0) is 21.0. The van der Waals surface area contributed by atoms with Gasteiger partial charge >= 0.3 is 5.97 Å². The van der Waals surface area contributed by atoms with Gasteiger partial charge in [-0.25, -0.2) is 8.42 Å². The van der Waals surface area contributed by atoms with E-state index in [0.717, 1.165) is 22.4 Å². The van der Waals surface area contributed by atoms with Crippen molar-refractivity contribution in [3.05, 3.63) is 48.0 Å². The molecule has 0 bridgehead atoms. The molecule has 0 spiro atoms. The van der Waals surface area contributed by atoms with Gasteiger partial charge in [0, 0.05) is 19.1 Å². The van der Waals surface area contributed by atoms with Gasteiger partial charge in [-0.3, -0.25) is 9.59 Å². The summed E-state index contributed by atoms with van der Waals surface area (Å²) in [5, 5.41) is 2.78. The van der Waals surface area contributed by atoms with Crippen LogP contribution in [0.1, 0.15) is 18.4 Å². The average molecular weight is 417 g/mol. The molecule has 1 amide bonds. The maximum atomic E-state index is 11.8. The van der Waals surface area contributed by atoms with Crippen LogP contribution in [-0.4, -0.2) is 46.3 Å². The molecule has 7 nitrogen and oxygen atoms in total. The Bertz CT molecular complexity index is 1010. The molecule has 3 rings (SSSR count). The Morgan fingerprint density at radius 1 is 1.10 bits per heavy atom. The van der Waals surface area contributed by atoms with E-state index < -0.39 is 15.8 Å². The van der Waals surface area contributed by atoms with Gasteiger partial charge in [0.05, 0.1) is 25.0 Å². The standard InChI is InChI=1S/C21H23NO6S/c1-27-21(24)10-9-20(23)22-13-17-12-16-11-15(5-8-19(16)28-17)14-3-6-18(7-4-14)29(2,25)26/h3-8,11,17H,9-10,12-13H2,1-2H3,(H,22,23). The number of sulfone groups is 1. The second kappa shape index (κ2) is 8.65. The number of amides is 1. The first-order chi connectivity index (χ1) is 13.8. The molecule has 0 aliphatic carbocycles. The molecule has 0 fully saturated rings. The van der Waals surface area contributed by atoms with Crippen molar-refractivity contribution < 1.29 is 27.5 Å². The zero-order valence-electron chi connectivity index (χ0n) is 16.3. The van der Waals surface area contributed by atoms with Crippen LogP contribution in [0.3, 0.4) is 0 Å². The molecule has 2 aromatic rings. The first-order valence-electron chi connectivity index (χ1n) is 9.20. The number of rotatable bonds is 7. The van der Waals surface area contributed by atoms with Gasteiger partial charge < -0.3 is 14.8 Å². The average Bonchev–Trinajstić information content (AvgIpc) is 3.12. The quantitative estimate of drug-likeness (QED) is 0.693. The lowest BCUT2D eigenvalue weighted by Crippen LogP contribution is -2.34. The second-order valence-electron chi connectivity index (χ2n) is 6.94. The van der Waals surface area contributed by atoms with Crippen LogP contribution in [-0.2, 0) is 30.6 Å². The summed E-state index contributed by atoms with van der Waals surface area (Å²) in [5.41, 5.74) is 2.92. The fraction of sp³-hybridized carbons (Fsp3) is 0.333. The summed E-state index contributed by atoms with van der Waals surface area (Å²) in [6.45, 7) is 0.354. The van der Waals surface area contributed by atoms with Gasteiger partial charge in [-0.05, 0) is 41.0 Å². The highest BCUT2D eigenvalue weighted by atomic mass is 32.2. The second-order valence-corrected chi connectivity index (χ2v) is 8.96. The van der Waals surface area contributed by atoms with Crippen LogP contribution in [0.2, 0.25) is 0 Å². The molecule has 1 unspecified atom stereocenters. The van der Waals surface area contributed by atoms with Crippen LogP contribution in [0.5, 0.6) is 5.75 Å². The maximum absolute atomic E-state index is 11.8. The third-order valence-electron chi connectivity index (χ3n) is 4.73. The lowest BCUT2D eigenvalue weighted by molar-refractivity contribution is -0.142. The zero-order valence-corrected chi connectivity index (χ0v) is 17.1. The van der Waals surface area contributed by atoms with Crippen molar-refractivity contribution in [2.45, 2.75) is 30.3 Å². The molecular weight excluding hydrogens is 394 g/mol. The van der Waals surface area contributed by atoms with E-state index in [9.17, 15) is 18.0 Å². The fourth-order valence-corrected chi connectivity index (χ4v) is 3.77. The highest BCUT2D eigenvalue weighted by Crippen LogP contribution is 2.33. The van der Waals surface area contributed by atoms with Crippen LogP contribution in [0.25, 0.3) is 11.1 Å². The van der Waals surface area contributed by atoms with E-state index >= 15 is 0 Å². The molecule has 0 saturated carbocycles. The normalized spacial score (nSPS) is 15.3. The molecule has 0 saturated heterocycles. The molecule has 1 atom stereocenters. The molecule has 154 valence electrons. The number of ether oxygens (including phenoxy) is 2. The lowest BCUT2D eigenvalue weighted by atomic mass is 10.0. The SMILES string of the molecule is COC(=O)CCC(=O)NCC1Cc2cc(-c3ccc(S(C)(=O)=O)cc3)ccc2O1. The number of carbonyl (C=O) groups is 2. The third-order valence-corrected chi connectivity index (χ3v) is 5.86. The number of esters is 1. The lowest BCUT2D eigenvalue weighted by Gasteiger charge is -2.11. The van der Waals surface area contributed by atoms with Crippen molar-refractivity contribution in [1.29, 1.82) is 0 Å².